The van der Waals surface area contributed by atoms with Gasteiger partial charge in [0.1, 0.15) is 0 Å². The second-order valence-corrected chi connectivity index (χ2v) is 9.83. The molecule has 2 aliphatic rings. The van der Waals surface area contributed by atoms with Gasteiger partial charge in [-0.1, -0.05) is 32.1 Å². The highest BCUT2D eigenvalue weighted by molar-refractivity contribution is 7.89. The first-order chi connectivity index (χ1) is 13.9. The van der Waals surface area contributed by atoms with Crippen LogP contribution < -0.4 is 5.32 Å². The van der Waals surface area contributed by atoms with E-state index in [1.165, 1.54) is 42.1 Å². The summed E-state index contributed by atoms with van der Waals surface area (Å²) < 4.78 is 31.8. The largest absolute Gasteiger partial charge is 0.456 e. The number of amides is 1. The van der Waals surface area contributed by atoms with Crippen LogP contribution >= 0.6 is 0 Å². The number of esters is 1. The van der Waals surface area contributed by atoms with Gasteiger partial charge in [-0.15, -0.1) is 0 Å². The number of hydrogen-bond donors (Lipinski definition) is 1. The number of carbonyl (C=O) groups is 2. The molecule has 1 aromatic carbocycles. The Morgan fingerprint density at radius 2 is 1.66 bits per heavy atom. The van der Waals surface area contributed by atoms with Crippen molar-refractivity contribution in [2.45, 2.75) is 62.7 Å². The van der Waals surface area contributed by atoms with E-state index in [0.29, 0.717) is 31.1 Å². The summed E-state index contributed by atoms with van der Waals surface area (Å²) >= 11 is 0. The number of rotatable bonds is 8. The number of benzene rings is 1. The Kier molecular flexibility index (Phi) is 7.66. The van der Waals surface area contributed by atoms with Crippen molar-refractivity contribution >= 4 is 27.6 Å². The van der Waals surface area contributed by atoms with E-state index in [4.69, 9.17) is 4.74 Å². The predicted octanol–water partition coefficient (Wildman–Crippen LogP) is 3.31. The van der Waals surface area contributed by atoms with E-state index < -0.39 is 15.9 Å². The first-order valence-corrected chi connectivity index (χ1v) is 11.9. The SMILES string of the molecule is O=C(COC(=O)CCC1CCCC1)Nc1ccc(S(=O)(=O)N2CCCCC2)cc1. The van der Waals surface area contributed by atoms with Crippen LogP contribution in [-0.4, -0.2) is 44.3 Å². The van der Waals surface area contributed by atoms with Crippen LogP contribution in [0, 0.1) is 5.92 Å². The van der Waals surface area contributed by atoms with Crippen LogP contribution in [0.2, 0.25) is 0 Å². The quantitative estimate of drug-likeness (QED) is 0.649. The summed E-state index contributed by atoms with van der Waals surface area (Å²) in [5, 5.41) is 2.63. The van der Waals surface area contributed by atoms with E-state index in [2.05, 4.69) is 5.32 Å². The van der Waals surface area contributed by atoms with Gasteiger partial charge in [-0.05, 0) is 49.4 Å². The molecule has 3 rings (SSSR count). The number of anilines is 1. The molecule has 1 N–H and O–H groups in total. The Morgan fingerprint density at radius 1 is 1.00 bits per heavy atom. The lowest BCUT2D eigenvalue weighted by Crippen LogP contribution is -2.35. The van der Waals surface area contributed by atoms with Gasteiger partial charge < -0.3 is 10.1 Å². The molecule has 0 radical (unpaired) electrons. The van der Waals surface area contributed by atoms with Gasteiger partial charge in [0.2, 0.25) is 10.0 Å². The zero-order valence-corrected chi connectivity index (χ0v) is 17.6. The summed E-state index contributed by atoms with van der Waals surface area (Å²) in [6.45, 7) is 0.761. The molecule has 29 heavy (non-hydrogen) atoms. The topological polar surface area (TPSA) is 92.8 Å². The minimum absolute atomic E-state index is 0.218. The molecule has 8 heteroatoms. The Morgan fingerprint density at radius 3 is 2.31 bits per heavy atom. The van der Waals surface area contributed by atoms with Gasteiger partial charge in [-0.3, -0.25) is 9.59 Å². The second kappa shape index (κ2) is 10.2. The molecule has 7 nitrogen and oxygen atoms in total. The van der Waals surface area contributed by atoms with Gasteiger partial charge in [0.05, 0.1) is 4.90 Å². The molecule has 1 aliphatic heterocycles. The molecule has 1 aliphatic carbocycles. The van der Waals surface area contributed by atoms with Gasteiger partial charge in [-0.25, -0.2) is 8.42 Å². The first-order valence-electron chi connectivity index (χ1n) is 10.5. The average Bonchev–Trinajstić information content (AvgIpc) is 3.25. The van der Waals surface area contributed by atoms with Crippen molar-refractivity contribution < 1.29 is 22.7 Å². The maximum absolute atomic E-state index is 12.6. The highest BCUT2D eigenvalue weighted by atomic mass is 32.2. The summed E-state index contributed by atoms with van der Waals surface area (Å²) in [5.41, 5.74) is 0.467. The van der Waals surface area contributed by atoms with Gasteiger partial charge in [-0.2, -0.15) is 4.31 Å². The number of nitrogens with one attached hydrogen (secondary N) is 1. The lowest BCUT2D eigenvalue weighted by Gasteiger charge is -2.25. The fraction of sp³-hybridized carbons (Fsp3) is 0.619. The van der Waals surface area contributed by atoms with Crippen molar-refractivity contribution in [2.75, 3.05) is 25.0 Å². The Labute approximate surface area is 172 Å². The Bertz CT molecular complexity index is 795. The van der Waals surface area contributed by atoms with Crippen LogP contribution in [0.15, 0.2) is 29.2 Å². The molecule has 0 spiro atoms. The number of nitrogens with zero attached hydrogens (tertiary/aromatic N) is 1. The van der Waals surface area contributed by atoms with Crippen molar-refractivity contribution in [1.82, 2.24) is 4.31 Å². The highest BCUT2D eigenvalue weighted by Crippen LogP contribution is 2.28. The molecular formula is C21H30N2O5S. The van der Waals surface area contributed by atoms with Gasteiger partial charge in [0.15, 0.2) is 6.61 Å². The molecule has 1 saturated heterocycles. The van der Waals surface area contributed by atoms with Crippen LogP contribution in [0.5, 0.6) is 0 Å². The molecule has 160 valence electrons. The fourth-order valence-electron chi connectivity index (χ4n) is 4.00. The van der Waals surface area contributed by atoms with Crippen molar-refractivity contribution in [3.63, 3.8) is 0 Å². The molecule has 2 fully saturated rings. The minimum atomic E-state index is -3.49. The van der Waals surface area contributed by atoms with Crippen LogP contribution in [0.1, 0.15) is 57.8 Å². The highest BCUT2D eigenvalue weighted by Gasteiger charge is 2.25. The molecule has 0 unspecified atom stereocenters. The Balaban J connectivity index is 1.43. The standard InChI is InChI=1S/C21H30N2O5S/c24-20(16-28-21(25)13-8-17-6-2-3-7-17)22-18-9-11-19(12-10-18)29(26,27)23-14-4-1-5-15-23/h9-12,17H,1-8,13-16H2,(H,22,24). The van der Waals surface area contributed by atoms with Crippen molar-refractivity contribution in [1.29, 1.82) is 0 Å². The molecule has 0 bridgehead atoms. The molecular weight excluding hydrogens is 392 g/mol. The molecule has 1 saturated carbocycles. The van der Waals surface area contributed by atoms with E-state index in [9.17, 15) is 18.0 Å². The van der Waals surface area contributed by atoms with Gasteiger partial charge >= 0.3 is 5.97 Å². The number of ether oxygens (including phenoxy) is 1. The molecule has 1 amide bonds. The van der Waals surface area contributed by atoms with Crippen LogP contribution in [0.3, 0.4) is 0 Å². The van der Waals surface area contributed by atoms with Crippen molar-refractivity contribution in [2.24, 2.45) is 5.92 Å². The predicted molar refractivity (Wildman–Crippen MR) is 110 cm³/mol. The van der Waals surface area contributed by atoms with Crippen molar-refractivity contribution in [3.05, 3.63) is 24.3 Å². The summed E-state index contributed by atoms with van der Waals surface area (Å²) in [7, 11) is -3.49. The first kappa shape index (κ1) is 21.8. The van der Waals surface area contributed by atoms with E-state index in [1.807, 2.05) is 0 Å². The number of sulfonamides is 1. The van der Waals surface area contributed by atoms with Gasteiger partial charge in [0.25, 0.3) is 5.91 Å². The van der Waals surface area contributed by atoms with E-state index >= 15 is 0 Å². The van der Waals surface area contributed by atoms with Gasteiger partial charge in [0, 0.05) is 25.2 Å². The molecule has 1 aromatic rings. The maximum Gasteiger partial charge on any atom is 0.306 e. The van der Waals surface area contributed by atoms with Crippen LogP contribution in [0.4, 0.5) is 5.69 Å². The molecule has 1 heterocycles. The zero-order chi connectivity index (χ0) is 20.7. The third kappa shape index (κ3) is 6.27. The number of carbonyl (C=O) groups excluding carboxylic acids is 2. The lowest BCUT2D eigenvalue weighted by molar-refractivity contribution is -0.147. The van der Waals surface area contributed by atoms with Crippen molar-refractivity contribution in [3.8, 4) is 0 Å². The average molecular weight is 423 g/mol. The number of hydrogen-bond acceptors (Lipinski definition) is 5. The second-order valence-electron chi connectivity index (χ2n) is 7.89. The summed E-state index contributed by atoms with van der Waals surface area (Å²) in [6.07, 6.45) is 8.82. The summed E-state index contributed by atoms with van der Waals surface area (Å²) in [4.78, 5) is 24.0. The monoisotopic (exact) mass is 422 g/mol. The third-order valence-electron chi connectivity index (χ3n) is 5.69. The van der Waals surface area contributed by atoms with Crippen LogP contribution in [-0.2, 0) is 24.3 Å². The zero-order valence-electron chi connectivity index (χ0n) is 16.8. The summed E-state index contributed by atoms with van der Waals surface area (Å²) in [5.74, 6) is -0.183. The Hall–Kier alpha value is -1.93. The normalized spacial score (nSPS) is 18.5. The number of piperidine rings is 1. The molecule has 0 atom stereocenters. The fourth-order valence-corrected chi connectivity index (χ4v) is 5.52. The summed E-state index contributed by atoms with van der Waals surface area (Å²) in [6, 6.07) is 6.09. The minimum Gasteiger partial charge on any atom is -0.456 e. The van der Waals surface area contributed by atoms with E-state index in [0.717, 1.165) is 25.7 Å². The maximum atomic E-state index is 12.6. The van der Waals surface area contributed by atoms with E-state index in [1.54, 1.807) is 12.1 Å². The van der Waals surface area contributed by atoms with Crippen LogP contribution in [0.25, 0.3) is 0 Å². The molecule has 0 aromatic heterocycles. The lowest BCUT2D eigenvalue weighted by atomic mass is 10.0. The third-order valence-corrected chi connectivity index (χ3v) is 7.60. The smallest absolute Gasteiger partial charge is 0.306 e. The van der Waals surface area contributed by atoms with E-state index in [-0.39, 0.29) is 17.5 Å².